The Labute approximate surface area is 182 Å². The van der Waals surface area contributed by atoms with Crippen LogP contribution in [0, 0.1) is 11.6 Å². The molecule has 0 radical (unpaired) electrons. The van der Waals surface area contributed by atoms with Crippen LogP contribution in [0.3, 0.4) is 0 Å². The number of halogens is 2. The Kier molecular flexibility index (Phi) is 5.70. The molecule has 1 amide bonds. The summed E-state index contributed by atoms with van der Waals surface area (Å²) >= 11 is 2.42. The van der Waals surface area contributed by atoms with E-state index in [-0.39, 0.29) is 16.0 Å². The molecule has 2 aromatic carbocycles. The maximum absolute atomic E-state index is 13.9. The number of carbonyl (C=O) groups is 1. The van der Waals surface area contributed by atoms with Crippen LogP contribution in [-0.2, 0) is 11.3 Å². The van der Waals surface area contributed by atoms with Crippen molar-refractivity contribution in [3.63, 3.8) is 0 Å². The normalized spacial score (nSPS) is 11.1. The molecular weight excluding hydrogens is 446 g/mol. The van der Waals surface area contributed by atoms with Gasteiger partial charge in [-0.3, -0.25) is 14.2 Å². The summed E-state index contributed by atoms with van der Waals surface area (Å²) in [4.78, 5) is 43.1. The zero-order valence-corrected chi connectivity index (χ0v) is 17.6. The SMILES string of the molecule is CSc1nc2c(s1)c(=O)n(-c1ccccc1)c(=O)n2CC(=O)Nc1ccc(F)cc1F. The first-order valence-electron chi connectivity index (χ1n) is 8.89. The number of thioether (sulfide) groups is 1. The number of hydrogen-bond acceptors (Lipinski definition) is 6. The van der Waals surface area contributed by atoms with Crippen LogP contribution in [0.2, 0.25) is 0 Å². The number of rotatable bonds is 5. The Balaban J connectivity index is 1.82. The number of aromatic nitrogens is 3. The lowest BCUT2D eigenvalue weighted by molar-refractivity contribution is -0.116. The molecule has 0 saturated heterocycles. The van der Waals surface area contributed by atoms with Crippen LogP contribution in [0.5, 0.6) is 0 Å². The first-order chi connectivity index (χ1) is 14.9. The Morgan fingerprint density at radius 3 is 2.58 bits per heavy atom. The Hall–Kier alpha value is -3.31. The highest BCUT2D eigenvalue weighted by Crippen LogP contribution is 2.25. The van der Waals surface area contributed by atoms with Crippen molar-refractivity contribution in [2.24, 2.45) is 0 Å². The largest absolute Gasteiger partial charge is 0.337 e. The van der Waals surface area contributed by atoms with Crippen LogP contribution >= 0.6 is 23.1 Å². The van der Waals surface area contributed by atoms with Gasteiger partial charge in [0.25, 0.3) is 5.56 Å². The van der Waals surface area contributed by atoms with Gasteiger partial charge in [0, 0.05) is 6.07 Å². The molecule has 0 fully saturated rings. The summed E-state index contributed by atoms with van der Waals surface area (Å²) < 4.78 is 29.8. The molecule has 0 aliphatic carbocycles. The molecular formula is C20H14F2N4O3S2. The fourth-order valence-electron chi connectivity index (χ4n) is 2.97. The monoisotopic (exact) mass is 460 g/mol. The lowest BCUT2D eigenvalue weighted by atomic mass is 10.3. The molecule has 0 spiro atoms. The van der Waals surface area contributed by atoms with Crippen molar-refractivity contribution in [2.75, 3.05) is 11.6 Å². The Morgan fingerprint density at radius 1 is 1.16 bits per heavy atom. The van der Waals surface area contributed by atoms with E-state index in [9.17, 15) is 23.2 Å². The van der Waals surface area contributed by atoms with Crippen LogP contribution in [-0.4, -0.2) is 26.3 Å². The highest BCUT2D eigenvalue weighted by Gasteiger charge is 2.20. The van der Waals surface area contributed by atoms with Crippen molar-refractivity contribution < 1.29 is 13.6 Å². The van der Waals surface area contributed by atoms with Gasteiger partial charge in [-0.05, 0) is 30.5 Å². The lowest BCUT2D eigenvalue weighted by Crippen LogP contribution is -2.40. The third-order valence-corrected chi connectivity index (χ3v) is 6.38. The van der Waals surface area contributed by atoms with E-state index in [0.29, 0.717) is 16.1 Å². The van der Waals surface area contributed by atoms with Gasteiger partial charge in [-0.2, -0.15) is 0 Å². The van der Waals surface area contributed by atoms with E-state index in [2.05, 4.69) is 10.3 Å². The van der Waals surface area contributed by atoms with Gasteiger partial charge in [-0.1, -0.05) is 30.0 Å². The van der Waals surface area contributed by atoms with Gasteiger partial charge in [-0.25, -0.2) is 23.1 Å². The quantitative estimate of drug-likeness (QED) is 0.462. The van der Waals surface area contributed by atoms with E-state index < -0.39 is 35.3 Å². The van der Waals surface area contributed by atoms with Crippen molar-refractivity contribution in [1.29, 1.82) is 0 Å². The molecule has 0 atom stereocenters. The van der Waals surface area contributed by atoms with Gasteiger partial charge < -0.3 is 5.32 Å². The molecule has 0 bridgehead atoms. The second kappa shape index (κ2) is 8.44. The van der Waals surface area contributed by atoms with Crippen LogP contribution in [0.15, 0.2) is 62.5 Å². The molecule has 4 rings (SSSR count). The summed E-state index contributed by atoms with van der Waals surface area (Å²) in [6.45, 7) is -0.517. The fraction of sp³-hybridized carbons (Fsp3) is 0.100. The molecule has 158 valence electrons. The zero-order valence-electron chi connectivity index (χ0n) is 16.0. The predicted octanol–water partition coefficient (Wildman–Crippen LogP) is 3.25. The van der Waals surface area contributed by atoms with E-state index in [1.54, 1.807) is 36.6 Å². The molecule has 2 heterocycles. The number of anilines is 1. The molecule has 11 heteroatoms. The van der Waals surface area contributed by atoms with Crippen molar-refractivity contribution >= 4 is 45.0 Å². The van der Waals surface area contributed by atoms with Gasteiger partial charge >= 0.3 is 5.69 Å². The number of carbonyl (C=O) groups excluding carboxylic acids is 1. The summed E-state index contributed by atoms with van der Waals surface area (Å²) in [7, 11) is 0. The van der Waals surface area contributed by atoms with Crippen LogP contribution in [0.4, 0.5) is 14.5 Å². The lowest BCUT2D eigenvalue weighted by Gasteiger charge is -2.12. The van der Waals surface area contributed by atoms with Crippen molar-refractivity contribution in [2.45, 2.75) is 10.9 Å². The highest BCUT2D eigenvalue weighted by atomic mass is 32.2. The second-order valence-electron chi connectivity index (χ2n) is 6.35. The zero-order chi connectivity index (χ0) is 22.1. The minimum atomic E-state index is -0.946. The van der Waals surface area contributed by atoms with Gasteiger partial charge in [-0.15, -0.1) is 11.3 Å². The molecule has 1 N–H and O–H groups in total. The van der Waals surface area contributed by atoms with Crippen molar-refractivity contribution in [3.8, 4) is 5.69 Å². The van der Waals surface area contributed by atoms with Crippen LogP contribution in [0.25, 0.3) is 16.0 Å². The van der Waals surface area contributed by atoms with Gasteiger partial charge in [0.2, 0.25) is 5.91 Å². The molecule has 2 aromatic heterocycles. The predicted molar refractivity (Wildman–Crippen MR) is 116 cm³/mol. The van der Waals surface area contributed by atoms with E-state index in [4.69, 9.17) is 0 Å². The fourth-order valence-corrected chi connectivity index (χ4v) is 4.47. The number of benzene rings is 2. The maximum atomic E-state index is 13.9. The number of thiazole rings is 1. The number of hydrogen-bond donors (Lipinski definition) is 1. The standard InChI is InChI=1S/C20H14F2N4O3S2/c1-30-19-24-17-16(31-19)18(28)26(12-5-3-2-4-6-12)20(29)25(17)10-15(27)23-14-8-7-11(21)9-13(14)22/h2-9H,10H2,1H3,(H,23,27). The summed E-state index contributed by atoms with van der Waals surface area (Å²) in [6, 6.07) is 11.0. The number of nitrogens with zero attached hydrogens (tertiary/aromatic N) is 3. The molecule has 4 aromatic rings. The molecule has 31 heavy (non-hydrogen) atoms. The van der Waals surface area contributed by atoms with E-state index in [0.717, 1.165) is 32.6 Å². The summed E-state index contributed by atoms with van der Waals surface area (Å²) in [5.41, 5.74) is -1.10. The van der Waals surface area contributed by atoms with Crippen LogP contribution in [0.1, 0.15) is 0 Å². The Bertz CT molecular complexity index is 1410. The maximum Gasteiger partial charge on any atom is 0.337 e. The number of nitrogens with one attached hydrogen (secondary N) is 1. The topological polar surface area (TPSA) is 86.0 Å². The average molecular weight is 460 g/mol. The first-order valence-corrected chi connectivity index (χ1v) is 10.9. The minimum Gasteiger partial charge on any atom is -0.322 e. The van der Waals surface area contributed by atoms with E-state index in [1.807, 2.05) is 0 Å². The average Bonchev–Trinajstić information content (AvgIpc) is 3.19. The third kappa shape index (κ3) is 4.01. The Morgan fingerprint density at radius 2 is 1.90 bits per heavy atom. The summed E-state index contributed by atoms with van der Waals surface area (Å²) in [6.07, 6.45) is 1.78. The summed E-state index contributed by atoms with van der Waals surface area (Å²) in [5, 5.41) is 2.32. The van der Waals surface area contributed by atoms with Crippen LogP contribution < -0.4 is 16.6 Å². The smallest absolute Gasteiger partial charge is 0.322 e. The van der Waals surface area contributed by atoms with Gasteiger partial charge in [0.1, 0.15) is 22.9 Å². The number of fused-ring (bicyclic) bond motifs is 1. The third-order valence-electron chi connectivity index (χ3n) is 4.36. The molecule has 0 aliphatic rings. The van der Waals surface area contributed by atoms with Gasteiger partial charge in [0.05, 0.1) is 11.4 Å². The number of amides is 1. The van der Waals surface area contributed by atoms with Crippen molar-refractivity contribution in [3.05, 3.63) is 81.0 Å². The minimum absolute atomic E-state index is 0.0752. The summed E-state index contributed by atoms with van der Waals surface area (Å²) in [5.74, 6) is -2.46. The van der Waals surface area contributed by atoms with Crippen molar-refractivity contribution in [1.82, 2.24) is 14.1 Å². The molecule has 0 unspecified atom stereocenters. The van der Waals surface area contributed by atoms with E-state index >= 15 is 0 Å². The van der Waals surface area contributed by atoms with Gasteiger partial charge in [0.15, 0.2) is 9.99 Å². The second-order valence-corrected chi connectivity index (χ2v) is 8.41. The first kappa shape index (κ1) is 20.9. The molecule has 0 saturated carbocycles. The molecule has 0 aliphatic heterocycles. The van der Waals surface area contributed by atoms with E-state index in [1.165, 1.54) is 11.8 Å². The number of para-hydroxylation sites is 1. The molecule has 7 nitrogen and oxygen atoms in total. The highest BCUT2D eigenvalue weighted by molar-refractivity contribution is 8.00.